The molecule has 4 nitrogen and oxygen atoms in total. The number of hydrogen-bond acceptors (Lipinski definition) is 3. The fourth-order valence-electron chi connectivity index (χ4n) is 2.34. The Morgan fingerprint density at radius 3 is 2.18 bits per heavy atom. The van der Waals surface area contributed by atoms with Gasteiger partial charge in [0.25, 0.3) is 0 Å². The predicted molar refractivity (Wildman–Crippen MR) is 97.0 cm³/mol. The molecule has 0 aliphatic carbocycles. The summed E-state index contributed by atoms with van der Waals surface area (Å²) in [6.45, 7) is 3.76. The second kappa shape index (κ2) is 11.5. The highest BCUT2D eigenvalue weighted by Gasteiger charge is 2.05. The van der Waals surface area contributed by atoms with Gasteiger partial charge in [0.1, 0.15) is 0 Å². The van der Waals surface area contributed by atoms with Crippen molar-refractivity contribution < 1.29 is 0 Å². The Kier molecular flexibility index (Phi) is 10.9. The molecule has 0 fully saturated rings. The Morgan fingerprint density at radius 2 is 1.64 bits per heavy atom. The van der Waals surface area contributed by atoms with Gasteiger partial charge < -0.3 is 10.6 Å². The fourth-order valence-corrected chi connectivity index (χ4v) is 2.34. The first-order valence-corrected chi connectivity index (χ1v) is 7.22. The minimum atomic E-state index is 0. The molecule has 0 radical (unpaired) electrons. The van der Waals surface area contributed by atoms with E-state index < -0.39 is 0 Å². The number of nitrogens with zero attached hydrogens (tertiary/aromatic N) is 3. The Labute approximate surface area is 145 Å². The molecule has 0 bridgehead atoms. The van der Waals surface area contributed by atoms with Crippen molar-refractivity contribution in [1.82, 2.24) is 14.7 Å². The Morgan fingerprint density at radius 1 is 1.00 bits per heavy atom. The quantitative estimate of drug-likeness (QED) is 0.799. The van der Waals surface area contributed by atoms with Crippen molar-refractivity contribution in [2.75, 3.05) is 26.2 Å². The van der Waals surface area contributed by atoms with Gasteiger partial charge in [-0.15, -0.1) is 24.8 Å². The minimum Gasteiger partial charge on any atom is -0.329 e. The highest BCUT2D eigenvalue weighted by Crippen LogP contribution is 2.04. The molecule has 0 saturated carbocycles. The van der Waals surface area contributed by atoms with Gasteiger partial charge in [-0.3, -0.25) is 4.68 Å². The maximum Gasteiger partial charge on any atom is 0.0522 e. The van der Waals surface area contributed by atoms with E-state index in [9.17, 15) is 0 Å². The van der Waals surface area contributed by atoms with Crippen LogP contribution in [0.2, 0.25) is 0 Å². The molecule has 2 N–H and O–H groups in total. The summed E-state index contributed by atoms with van der Waals surface area (Å²) in [4.78, 5) is 2.43. The average Bonchev–Trinajstić information content (AvgIpc) is 2.89. The van der Waals surface area contributed by atoms with Gasteiger partial charge in [0.15, 0.2) is 0 Å². The molecule has 2 rings (SSSR count). The molecule has 6 heteroatoms. The molecule has 0 saturated heterocycles. The highest BCUT2D eigenvalue weighted by molar-refractivity contribution is 5.85. The molecule has 0 atom stereocenters. The number of benzene rings is 1. The summed E-state index contributed by atoms with van der Waals surface area (Å²) in [5.41, 5.74) is 8.38. The highest BCUT2D eigenvalue weighted by atomic mass is 35.5. The molecule has 0 aliphatic rings. The zero-order valence-electron chi connectivity index (χ0n) is 13.0. The average molecular weight is 345 g/mol. The van der Waals surface area contributed by atoms with Crippen LogP contribution in [-0.4, -0.2) is 40.9 Å². The second-order valence-corrected chi connectivity index (χ2v) is 5.14. The fraction of sp³-hybridized carbons (Fsp3) is 0.438. The van der Waals surface area contributed by atoms with Crippen molar-refractivity contribution in [1.29, 1.82) is 0 Å². The van der Waals surface area contributed by atoms with Gasteiger partial charge in [-0.25, -0.2) is 0 Å². The molecule has 0 amide bonds. The molecular weight excluding hydrogens is 319 g/mol. The third-order valence-corrected chi connectivity index (χ3v) is 3.48. The van der Waals surface area contributed by atoms with Crippen molar-refractivity contribution in [3.8, 4) is 0 Å². The lowest BCUT2D eigenvalue weighted by atomic mass is 10.1. The number of aryl methyl sites for hydroxylation is 1. The van der Waals surface area contributed by atoms with Crippen LogP contribution in [-0.2, 0) is 19.9 Å². The standard InChI is InChI=1S/C16H24N4.2ClH/c1-19-14-16(13-18-19)8-11-20(12-9-17)10-7-15-5-3-2-4-6-15;;/h2-6,13-14H,7-12,17H2,1H3;2*1H. The molecule has 0 spiro atoms. The SMILES string of the molecule is Cl.Cl.Cn1cc(CCN(CCN)CCc2ccccc2)cn1. The summed E-state index contributed by atoms with van der Waals surface area (Å²) in [5.74, 6) is 0. The van der Waals surface area contributed by atoms with Crippen LogP contribution in [0.4, 0.5) is 0 Å². The van der Waals surface area contributed by atoms with Crippen LogP contribution in [0, 0.1) is 0 Å². The van der Waals surface area contributed by atoms with Crippen molar-refractivity contribution >= 4 is 24.8 Å². The molecule has 1 aromatic heterocycles. The summed E-state index contributed by atoms with van der Waals surface area (Å²) in [7, 11) is 1.95. The summed E-state index contributed by atoms with van der Waals surface area (Å²) >= 11 is 0. The van der Waals surface area contributed by atoms with Gasteiger partial charge in [-0.05, 0) is 24.0 Å². The minimum absolute atomic E-state index is 0. The molecule has 0 unspecified atom stereocenters. The van der Waals surface area contributed by atoms with Crippen molar-refractivity contribution in [3.05, 3.63) is 53.9 Å². The smallest absolute Gasteiger partial charge is 0.0522 e. The summed E-state index contributed by atoms with van der Waals surface area (Å²) in [6.07, 6.45) is 6.13. The summed E-state index contributed by atoms with van der Waals surface area (Å²) in [6, 6.07) is 10.6. The van der Waals surface area contributed by atoms with E-state index in [2.05, 4.69) is 46.5 Å². The van der Waals surface area contributed by atoms with Crippen LogP contribution < -0.4 is 5.73 Å². The van der Waals surface area contributed by atoms with Crippen LogP contribution >= 0.6 is 24.8 Å². The van der Waals surface area contributed by atoms with Gasteiger partial charge in [0, 0.05) is 39.4 Å². The second-order valence-electron chi connectivity index (χ2n) is 5.14. The zero-order chi connectivity index (χ0) is 14.2. The van der Waals surface area contributed by atoms with E-state index in [1.54, 1.807) is 0 Å². The van der Waals surface area contributed by atoms with E-state index in [0.29, 0.717) is 6.54 Å². The molecule has 22 heavy (non-hydrogen) atoms. The molecule has 124 valence electrons. The monoisotopic (exact) mass is 344 g/mol. The van der Waals surface area contributed by atoms with E-state index in [4.69, 9.17) is 5.73 Å². The van der Waals surface area contributed by atoms with Gasteiger partial charge in [-0.1, -0.05) is 30.3 Å². The largest absolute Gasteiger partial charge is 0.329 e. The van der Waals surface area contributed by atoms with Crippen molar-refractivity contribution in [2.24, 2.45) is 12.8 Å². The van der Waals surface area contributed by atoms with E-state index >= 15 is 0 Å². The molecule has 1 heterocycles. The summed E-state index contributed by atoms with van der Waals surface area (Å²) in [5, 5.41) is 4.21. The van der Waals surface area contributed by atoms with Gasteiger partial charge >= 0.3 is 0 Å². The Balaban J connectivity index is 0.00000220. The van der Waals surface area contributed by atoms with Gasteiger partial charge in [-0.2, -0.15) is 5.10 Å². The number of aromatic nitrogens is 2. The first kappa shape index (κ1) is 20.9. The van der Waals surface area contributed by atoms with Crippen LogP contribution in [0.25, 0.3) is 0 Å². The predicted octanol–water partition coefficient (Wildman–Crippen LogP) is 2.31. The molecule has 2 aromatic rings. The number of halogens is 2. The lowest BCUT2D eigenvalue weighted by Gasteiger charge is -2.21. The van der Waals surface area contributed by atoms with Crippen molar-refractivity contribution in [3.63, 3.8) is 0 Å². The van der Waals surface area contributed by atoms with Crippen molar-refractivity contribution in [2.45, 2.75) is 12.8 Å². The van der Waals surface area contributed by atoms with Gasteiger partial charge in [0.2, 0.25) is 0 Å². The first-order valence-electron chi connectivity index (χ1n) is 7.22. The third kappa shape index (κ3) is 7.27. The summed E-state index contributed by atoms with van der Waals surface area (Å²) < 4.78 is 1.85. The van der Waals surface area contributed by atoms with E-state index in [0.717, 1.165) is 32.5 Å². The maximum absolute atomic E-state index is 5.71. The van der Waals surface area contributed by atoms with E-state index in [1.807, 2.05) is 17.9 Å². The number of rotatable bonds is 8. The Bertz CT molecular complexity index is 502. The van der Waals surface area contributed by atoms with Crippen LogP contribution in [0.1, 0.15) is 11.1 Å². The van der Waals surface area contributed by atoms with Gasteiger partial charge in [0.05, 0.1) is 6.20 Å². The van der Waals surface area contributed by atoms with Crippen LogP contribution in [0.3, 0.4) is 0 Å². The maximum atomic E-state index is 5.71. The molecule has 0 aliphatic heterocycles. The molecular formula is C16H26Cl2N4. The topological polar surface area (TPSA) is 47.1 Å². The van der Waals surface area contributed by atoms with E-state index in [1.165, 1.54) is 11.1 Å². The third-order valence-electron chi connectivity index (χ3n) is 3.48. The Hall–Kier alpha value is -1.07. The van der Waals surface area contributed by atoms with Crippen LogP contribution in [0.15, 0.2) is 42.7 Å². The lowest BCUT2D eigenvalue weighted by Crippen LogP contribution is -2.33. The normalized spacial score (nSPS) is 10.1. The number of nitrogens with two attached hydrogens (primary N) is 1. The number of hydrogen-bond donors (Lipinski definition) is 1. The zero-order valence-corrected chi connectivity index (χ0v) is 14.7. The first-order chi connectivity index (χ1) is 9.78. The lowest BCUT2D eigenvalue weighted by molar-refractivity contribution is 0.288. The van der Waals surface area contributed by atoms with E-state index in [-0.39, 0.29) is 24.8 Å². The van der Waals surface area contributed by atoms with Crippen LogP contribution in [0.5, 0.6) is 0 Å². The molecule has 1 aromatic carbocycles.